The second-order valence-corrected chi connectivity index (χ2v) is 4.89. The zero-order chi connectivity index (χ0) is 12.3. The lowest BCUT2D eigenvalue weighted by atomic mass is 10.2. The molecule has 0 bridgehead atoms. The highest BCUT2D eigenvalue weighted by Gasteiger charge is 2.02. The number of nitriles is 1. The Balaban J connectivity index is 2.07. The molecule has 0 aliphatic heterocycles. The molecule has 0 radical (unpaired) electrons. The van der Waals surface area contributed by atoms with Crippen molar-refractivity contribution in [2.45, 2.75) is 13.5 Å². The van der Waals surface area contributed by atoms with Crippen LogP contribution in [0.3, 0.4) is 0 Å². The van der Waals surface area contributed by atoms with Crippen molar-refractivity contribution in [2.75, 3.05) is 5.32 Å². The molecule has 0 amide bonds. The van der Waals surface area contributed by atoms with Gasteiger partial charge in [0.2, 0.25) is 0 Å². The van der Waals surface area contributed by atoms with E-state index in [2.05, 4.69) is 16.4 Å². The number of aryl methyl sites for hydroxylation is 1. The fraction of sp³-hybridized carbons (Fsp3) is 0.167. The first kappa shape index (κ1) is 11.9. The van der Waals surface area contributed by atoms with Gasteiger partial charge in [-0.05, 0) is 25.1 Å². The third kappa shape index (κ3) is 2.96. The lowest BCUT2D eigenvalue weighted by Gasteiger charge is -2.05. The number of nitrogens with one attached hydrogen (secondary N) is 1. The van der Waals surface area contributed by atoms with Gasteiger partial charge in [-0.15, -0.1) is 11.3 Å². The Hall–Kier alpha value is -1.57. The van der Waals surface area contributed by atoms with Crippen molar-refractivity contribution < 1.29 is 0 Å². The predicted octanol–water partition coefficient (Wildman–Crippen LogP) is 3.59. The van der Waals surface area contributed by atoms with E-state index in [4.69, 9.17) is 16.9 Å². The number of halogens is 1. The maximum absolute atomic E-state index is 8.86. The number of hydrogen-bond donors (Lipinski definition) is 1. The summed E-state index contributed by atoms with van der Waals surface area (Å²) in [4.78, 5) is 4.35. The van der Waals surface area contributed by atoms with Crippen LogP contribution < -0.4 is 5.32 Å². The number of nitrogens with zero attached hydrogens (tertiary/aromatic N) is 2. The number of benzene rings is 1. The van der Waals surface area contributed by atoms with Crippen molar-refractivity contribution in [3.63, 3.8) is 0 Å². The monoisotopic (exact) mass is 263 g/mol. The van der Waals surface area contributed by atoms with Crippen LogP contribution in [0.15, 0.2) is 23.6 Å². The maximum Gasteiger partial charge on any atom is 0.112 e. The minimum Gasteiger partial charge on any atom is -0.378 e. The molecule has 0 saturated heterocycles. The topological polar surface area (TPSA) is 48.7 Å². The normalized spacial score (nSPS) is 9.94. The molecule has 0 atom stereocenters. The maximum atomic E-state index is 8.86. The zero-order valence-electron chi connectivity index (χ0n) is 9.20. The van der Waals surface area contributed by atoms with Gasteiger partial charge in [0.15, 0.2) is 0 Å². The third-order valence-corrected chi connectivity index (χ3v) is 3.49. The van der Waals surface area contributed by atoms with Crippen molar-refractivity contribution in [3.8, 4) is 6.07 Å². The Morgan fingerprint density at radius 1 is 1.53 bits per heavy atom. The van der Waals surface area contributed by atoms with E-state index in [-0.39, 0.29) is 0 Å². The van der Waals surface area contributed by atoms with Crippen LogP contribution in [0.25, 0.3) is 0 Å². The third-order valence-electron chi connectivity index (χ3n) is 2.20. The van der Waals surface area contributed by atoms with Gasteiger partial charge < -0.3 is 5.32 Å². The lowest BCUT2D eigenvalue weighted by molar-refractivity contribution is 1.08. The average molecular weight is 264 g/mol. The van der Waals surface area contributed by atoms with Gasteiger partial charge in [-0.3, -0.25) is 0 Å². The molecule has 0 fully saturated rings. The van der Waals surface area contributed by atoms with Crippen LogP contribution in [0, 0.1) is 18.3 Å². The standard InChI is InChI=1S/C12H10ClN3S/c1-8-7-17-12(16-8)6-15-10-2-3-11(13)9(4-10)5-14/h2-4,7,15H,6H2,1H3. The Kier molecular flexibility index (Phi) is 3.62. The highest BCUT2D eigenvalue weighted by atomic mass is 35.5. The van der Waals surface area contributed by atoms with E-state index < -0.39 is 0 Å². The summed E-state index contributed by atoms with van der Waals surface area (Å²) in [6.07, 6.45) is 0. The molecule has 0 unspecified atom stereocenters. The van der Waals surface area contributed by atoms with Gasteiger partial charge >= 0.3 is 0 Å². The van der Waals surface area contributed by atoms with E-state index in [1.165, 1.54) is 0 Å². The van der Waals surface area contributed by atoms with Gasteiger partial charge in [-0.25, -0.2) is 4.98 Å². The largest absolute Gasteiger partial charge is 0.378 e. The van der Waals surface area contributed by atoms with Gasteiger partial charge in [0.25, 0.3) is 0 Å². The van der Waals surface area contributed by atoms with E-state index in [1.54, 1.807) is 23.5 Å². The van der Waals surface area contributed by atoms with Crippen LogP contribution in [-0.2, 0) is 6.54 Å². The molecule has 5 heteroatoms. The van der Waals surface area contributed by atoms with Crippen molar-refractivity contribution in [2.24, 2.45) is 0 Å². The number of rotatable bonds is 3. The van der Waals surface area contributed by atoms with Crippen LogP contribution in [-0.4, -0.2) is 4.98 Å². The number of hydrogen-bond acceptors (Lipinski definition) is 4. The second-order valence-electron chi connectivity index (χ2n) is 3.54. The van der Waals surface area contributed by atoms with Crippen molar-refractivity contribution >= 4 is 28.6 Å². The first-order chi connectivity index (χ1) is 8.19. The first-order valence-electron chi connectivity index (χ1n) is 5.03. The van der Waals surface area contributed by atoms with Crippen LogP contribution in [0.2, 0.25) is 5.02 Å². The predicted molar refractivity (Wildman–Crippen MR) is 70.3 cm³/mol. The zero-order valence-corrected chi connectivity index (χ0v) is 10.8. The molecule has 0 saturated carbocycles. The van der Waals surface area contributed by atoms with Crippen LogP contribution in [0.1, 0.15) is 16.3 Å². The highest BCUT2D eigenvalue weighted by Crippen LogP contribution is 2.20. The number of anilines is 1. The first-order valence-corrected chi connectivity index (χ1v) is 6.29. The molecule has 0 aliphatic rings. The summed E-state index contributed by atoms with van der Waals surface area (Å²) in [6, 6.07) is 7.36. The molecule has 1 aromatic carbocycles. The van der Waals surface area contributed by atoms with E-state index >= 15 is 0 Å². The summed E-state index contributed by atoms with van der Waals surface area (Å²) >= 11 is 7.47. The Bertz CT molecular complexity index is 571. The molecule has 3 nitrogen and oxygen atoms in total. The van der Waals surface area contributed by atoms with Crippen LogP contribution in [0.4, 0.5) is 5.69 Å². The molecule has 17 heavy (non-hydrogen) atoms. The fourth-order valence-electron chi connectivity index (χ4n) is 1.38. The Labute approximate surface area is 109 Å². The molecule has 0 spiro atoms. The van der Waals surface area contributed by atoms with E-state index in [0.717, 1.165) is 16.4 Å². The number of aromatic nitrogens is 1. The summed E-state index contributed by atoms with van der Waals surface area (Å²) in [6.45, 7) is 2.63. The van der Waals surface area contributed by atoms with Crippen molar-refractivity contribution in [1.29, 1.82) is 5.26 Å². The van der Waals surface area contributed by atoms with E-state index in [9.17, 15) is 0 Å². The lowest BCUT2D eigenvalue weighted by Crippen LogP contribution is -1.99. The molecule has 1 N–H and O–H groups in total. The molecular weight excluding hydrogens is 254 g/mol. The van der Waals surface area contributed by atoms with Gasteiger partial charge in [-0.1, -0.05) is 11.6 Å². The van der Waals surface area contributed by atoms with Gasteiger partial charge in [0.05, 0.1) is 17.1 Å². The molecule has 0 aliphatic carbocycles. The van der Waals surface area contributed by atoms with Crippen molar-refractivity contribution in [1.82, 2.24) is 4.98 Å². The highest BCUT2D eigenvalue weighted by molar-refractivity contribution is 7.09. The Morgan fingerprint density at radius 2 is 2.35 bits per heavy atom. The van der Waals surface area contributed by atoms with E-state index in [0.29, 0.717) is 17.1 Å². The quantitative estimate of drug-likeness (QED) is 0.921. The number of thiazole rings is 1. The average Bonchev–Trinajstić information content (AvgIpc) is 2.74. The molecule has 86 valence electrons. The molecule has 2 aromatic rings. The second kappa shape index (κ2) is 5.17. The summed E-state index contributed by atoms with van der Waals surface area (Å²) < 4.78 is 0. The van der Waals surface area contributed by atoms with Gasteiger partial charge in [0, 0.05) is 16.8 Å². The van der Waals surface area contributed by atoms with Crippen LogP contribution >= 0.6 is 22.9 Å². The van der Waals surface area contributed by atoms with Crippen molar-refractivity contribution in [3.05, 3.63) is 44.9 Å². The smallest absolute Gasteiger partial charge is 0.112 e. The summed E-state index contributed by atoms with van der Waals surface area (Å²) in [7, 11) is 0. The molecular formula is C12H10ClN3S. The van der Waals surface area contributed by atoms with E-state index in [1.807, 2.05) is 18.4 Å². The SMILES string of the molecule is Cc1csc(CNc2ccc(Cl)c(C#N)c2)n1. The fourth-order valence-corrected chi connectivity index (χ4v) is 2.25. The summed E-state index contributed by atoms with van der Waals surface area (Å²) in [5, 5.41) is 15.6. The van der Waals surface area contributed by atoms with Gasteiger partial charge in [-0.2, -0.15) is 5.26 Å². The summed E-state index contributed by atoms with van der Waals surface area (Å²) in [5.41, 5.74) is 2.38. The molecule has 2 rings (SSSR count). The molecule has 1 heterocycles. The minimum absolute atomic E-state index is 0.475. The van der Waals surface area contributed by atoms with Crippen LogP contribution in [0.5, 0.6) is 0 Å². The summed E-state index contributed by atoms with van der Waals surface area (Å²) in [5.74, 6) is 0. The minimum atomic E-state index is 0.475. The van der Waals surface area contributed by atoms with Gasteiger partial charge in [0.1, 0.15) is 11.1 Å². The Morgan fingerprint density at radius 3 is 3.00 bits per heavy atom. The molecule has 1 aromatic heterocycles.